The summed E-state index contributed by atoms with van der Waals surface area (Å²) in [6, 6.07) is 6.94. The van der Waals surface area contributed by atoms with Crippen LogP contribution in [0.25, 0.3) is 0 Å². The normalized spacial score (nSPS) is 13.9. The van der Waals surface area contributed by atoms with E-state index in [-0.39, 0.29) is 0 Å². The highest BCUT2D eigenvalue weighted by Crippen LogP contribution is 2.32. The summed E-state index contributed by atoms with van der Waals surface area (Å²) in [5.74, 6) is 0. The molecule has 0 radical (unpaired) electrons. The molecule has 1 aromatic carbocycles. The van der Waals surface area contributed by atoms with Gasteiger partial charge in [0, 0.05) is 7.11 Å². The van der Waals surface area contributed by atoms with Crippen molar-refractivity contribution in [2.75, 3.05) is 7.11 Å². The fourth-order valence-corrected chi connectivity index (χ4v) is 1.48. The van der Waals surface area contributed by atoms with Crippen molar-refractivity contribution >= 4 is 0 Å². The summed E-state index contributed by atoms with van der Waals surface area (Å²) in [7, 11) is 1.29. The molecule has 1 aromatic rings. The molecule has 0 N–H and O–H groups in total. The van der Waals surface area contributed by atoms with Crippen LogP contribution in [0.1, 0.15) is 23.7 Å². The number of alkyl halides is 3. The van der Waals surface area contributed by atoms with Crippen LogP contribution < -0.4 is 0 Å². The summed E-state index contributed by atoms with van der Waals surface area (Å²) in [5, 5.41) is 0. The zero-order valence-electron chi connectivity index (χ0n) is 8.64. The van der Waals surface area contributed by atoms with Gasteiger partial charge in [-0.25, -0.2) is 0 Å². The Hall–Kier alpha value is -1.03. The largest absolute Gasteiger partial charge is 0.391 e. The van der Waals surface area contributed by atoms with Gasteiger partial charge < -0.3 is 4.74 Å². The van der Waals surface area contributed by atoms with E-state index in [0.717, 1.165) is 5.56 Å². The fourth-order valence-electron chi connectivity index (χ4n) is 1.48. The number of hydrogen-bond donors (Lipinski definition) is 0. The van der Waals surface area contributed by atoms with Gasteiger partial charge in [-0.05, 0) is 18.1 Å². The Kier molecular flexibility index (Phi) is 3.74. The molecule has 0 aromatic heterocycles. The van der Waals surface area contributed by atoms with E-state index in [9.17, 15) is 13.2 Å². The van der Waals surface area contributed by atoms with Crippen LogP contribution >= 0.6 is 0 Å². The van der Waals surface area contributed by atoms with Crippen LogP contribution in [0.2, 0.25) is 0 Å². The van der Waals surface area contributed by atoms with Crippen molar-refractivity contribution in [1.29, 1.82) is 0 Å². The number of aryl methyl sites for hydroxylation is 1. The molecule has 0 bridgehead atoms. The zero-order valence-corrected chi connectivity index (χ0v) is 8.64. The van der Waals surface area contributed by atoms with Crippen molar-refractivity contribution in [3.8, 4) is 0 Å². The predicted octanol–water partition coefficient (Wildman–Crippen LogP) is 3.63. The maximum absolute atomic E-state index is 12.2. The molecule has 15 heavy (non-hydrogen) atoms. The van der Waals surface area contributed by atoms with Gasteiger partial charge in [0.05, 0.1) is 12.5 Å². The summed E-state index contributed by atoms with van der Waals surface area (Å²) in [6.45, 7) is 1.78. The summed E-state index contributed by atoms with van der Waals surface area (Å²) in [5.41, 5.74) is 1.41. The summed E-state index contributed by atoms with van der Waals surface area (Å²) in [6.07, 6.45) is -6.07. The van der Waals surface area contributed by atoms with Crippen molar-refractivity contribution < 1.29 is 17.9 Å². The lowest BCUT2D eigenvalue weighted by molar-refractivity contribution is -0.158. The number of ether oxygens (including phenoxy) is 1. The van der Waals surface area contributed by atoms with Gasteiger partial charge in [0.25, 0.3) is 0 Å². The topological polar surface area (TPSA) is 9.23 Å². The number of rotatable bonds is 3. The van der Waals surface area contributed by atoms with Gasteiger partial charge in [-0.1, -0.05) is 24.3 Å². The lowest BCUT2D eigenvalue weighted by atomic mass is 10.0. The molecule has 1 rings (SSSR count). The molecule has 0 aliphatic heterocycles. The van der Waals surface area contributed by atoms with Crippen molar-refractivity contribution in [1.82, 2.24) is 0 Å². The number of halogens is 3. The predicted molar refractivity (Wildman–Crippen MR) is 51.6 cm³/mol. The van der Waals surface area contributed by atoms with Gasteiger partial charge in [-0.3, -0.25) is 0 Å². The monoisotopic (exact) mass is 218 g/mol. The van der Waals surface area contributed by atoms with Gasteiger partial charge in [0.2, 0.25) is 0 Å². The Morgan fingerprint density at radius 1 is 1.27 bits per heavy atom. The first-order valence-corrected chi connectivity index (χ1v) is 4.59. The first-order valence-electron chi connectivity index (χ1n) is 4.59. The van der Waals surface area contributed by atoms with Gasteiger partial charge in [-0.15, -0.1) is 0 Å². The van der Waals surface area contributed by atoms with E-state index in [1.54, 1.807) is 31.2 Å². The first kappa shape index (κ1) is 12.0. The second-order valence-corrected chi connectivity index (χ2v) is 3.40. The second-order valence-electron chi connectivity index (χ2n) is 3.40. The Balaban J connectivity index is 2.88. The minimum atomic E-state index is -4.21. The molecule has 0 spiro atoms. The molecule has 0 saturated heterocycles. The second kappa shape index (κ2) is 4.66. The molecule has 0 aliphatic carbocycles. The summed E-state index contributed by atoms with van der Waals surface area (Å²) >= 11 is 0. The smallest absolute Gasteiger partial charge is 0.376 e. The molecule has 0 heterocycles. The minimum Gasteiger partial charge on any atom is -0.376 e. The van der Waals surface area contributed by atoms with Crippen LogP contribution in [0.5, 0.6) is 0 Å². The Morgan fingerprint density at radius 3 is 2.33 bits per heavy atom. The van der Waals surface area contributed by atoms with E-state index in [0.29, 0.717) is 5.56 Å². The molecule has 1 unspecified atom stereocenters. The van der Waals surface area contributed by atoms with Crippen LogP contribution in [-0.2, 0) is 4.74 Å². The van der Waals surface area contributed by atoms with E-state index in [1.807, 2.05) is 0 Å². The van der Waals surface area contributed by atoms with E-state index in [4.69, 9.17) is 4.74 Å². The molecule has 84 valence electrons. The van der Waals surface area contributed by atoms with Crippen LogP contribution in [0.4, 0.5) is 13.2 Å². The van der Waals surface area contributed by atoms with Crippen molar-refractivity contribution in [3.05, 3.63) is 35.4 Å². The number of benzene rings is 1. The Morgan fingerprint density at radius 2 is 1.87 bits per heavy atom. The van der Waals surface area contributed by atoms with Crippen LogP contribution in [-0.4, -0.2) is 13.3 Å². The van der Waals surface area contributed by atoms with Gasteiger partial charge in [0.15, 0.2) is 0 Å². The zero-order chi connectivity index (χ0) is 11.5. The van der Waals surface area contributed by atoms with E-state index < -0.39 is 18.7 Å². The van der Waals surface area contributed by atoms with Crippen LogP contribution in [0, 0.1) is 6.92 Å². The van der Waals surface area contributed by atoms with Gasteiger partial charge >= 0.3 is 6.18 Å². The first-order chi connectivity index (χ1) is 6.94. The lowest BCUT2D eigenvalue weighted by Gasteiger charge is -2.19. The number of methoxy groups -OCH3 is 1. The molecule has 0 fully saturated rings. The maximum atomic E-state index is 12.2. The molecule has 1 atom stereocenters. The van der Waals surface area contributed by atoms with E-state index in [1.165, 1.54) is 7.11 Å². The van der Waals surface area contributed by atoms with Crippen LogP contribution in [0.3, 0.4) is 0 Å². The molecule has 0 saturated carbocycles. The number of hydrogen-bond acceptors (Lipinski definition) is 1. The molecule has 0 amide bonds. The van der Waals surface area contributed by atoms with Crippen molar-refractivity contribution in [2.24, 2.45) is 0 Å². The summed E-state index contributed by atoms with van der Waals surface area (Å²) < 4.78 is 41.6. The Bertz CT molecular complexity index is 320. The van der Waals surface area contributed by atoms with E-state index >= 15 is 0 Å². The average molecular weight is 218 g/mol. The highest BCUT2D eigenvalue weighted by Gasteiger charge is 2.33. The Labute approximate surface area is 86.9 Å². The van der Waals surface area contributed by atoms with Crippen molar-refractivity contribution in [3.63, 3.8) is 0 Å². The molecule has 0 aliphatic rings. The minimum absolute atomic E-state index is 0.595. The molecule has 1 nitrogen and oxygen atoms in total. The molecular formula is C11H13F3O. The average Bonchev–Trinajstić information content (AvgIpc) is 2.14. The molecule has 4 heteroatoms. The third-order valence-electron chi connectivity index (χ3n) is 2.24. The third kappa shape index (κ3) is 3.55. The summed E-state index contributed by atoms with van der Waals surface area (Å²) in [4.78, 5) is 0. The van der Waals surface area contributed by atoms with Gasteiger partial charge in [-0.2, -0.15) is 13.2 Å². The fraction of sp³-hybridized carbons (Fsp3) is 0.455. The third-order valence-corrected chi connectivity index (χ3v) is 2.24. The van der Waals surface area contributed by atoms with Crippen molar-refractivity contribution in [2.45, 2.75) is 25.6 Å². The van der Waals surface area contributed by atoms with Crippen LogP contribution in [0.15, 0.2) is 24.3 Å². The quantitative estimate of drug-likeness (QED) is 0.752. The standard InChI is InChI=1S/C11H13F3O/c1-8-5-3-4-6-9(8)10(15-2)7-11(12,13)14/h3-6,10H,7H2,1-2H3. The lowest BCUT2D eigenvalue weighted by Crippen LogP contribution is -2.16. The highest BCUT2D eigenvalue weighted by atomic mass is 19.4. The van der Waals surface area contributed by atoms with E-state index in [2.05, 4.69) is 0 Å². The highest BCUT2D eigenvalue weighted by molar-refractivity contribution is 5.27. The SMILES string of the molecule is COC(CC(F)(F)F)c1ccccc1C. The molecular weight excluding hydrogens is 205 g/mol. The maximum Gasteiger partial charge on any atom is 0.391 e. The van der Waals surface area contributed by atoms with Gasteiger partial charge in [0.1, 0.15) is 0 Å².